The van der Waals surface area contributed by atoms with Gasteiger partial charge in [0.2, 0.25) is 5.91 Å². The zero-order chi connectivity index (χ0) is 13.5. The Bertz CT molecular complexity index is 400. The lowest BCUT2D eigenvalue weighted by Crippen LogP contribution is -2.29. The monoisotopic (exact) mass is 287 g/mol. The summed E-state index contributed by atoms with van der Waals surface area (Å²) in [7, 11) is 0. The first-order chi connectivity index (χ1) is 8.54. The van der Waals surface area contributed by atoms with Crippen molar-refractivity contribution in [2.75, 3.05) is 12.4 Å². The van der Waals surface area contributed by atoms with Crippen molar-refractivity contribution in [3.63, 3.8) is 0 Å². The van der Waals surface area contributed by atoms with Crippen LogP contribution in [0.5, 0.6) is 0 Å². The molecular formula is C13H18ClNO2S. The normalized spacial score (nSPS) is 14.0. The van der Waals surface area contributed by atoms with Crippen molar-refractivity contribution < 1.29 is 9.90 Å². The van der Waals surface area contributed by atoms with Crippen LogP contribution in [0.3, 0.4) is 0 Å². The second-order valence-corrected chi connectivity index (χ2v) is 5.95. The standard InChI is InChI=1S/C13H18ClNO2S/c1-9(7-16)18-8-13(17)15-10(2)11-5-3-4-6-12(11)14/h3-6,9-10,16H,7-8H2,1-2H3,(H,15,17). The maximum absolute atomic E-state index is 11.7. The van der Waals surface area contributed by atoms with E-state index in [1.807, 2.05) is 38.1 Å². The van der Waals surface area contributed by atoms with Gasteiger partial charge in [0.15, 0.2) is 0 Å². The first kappa shape index (κ1) is 15.3. The molecular weight excluding hydrogens is 270 g/mol. The molecule has 18 heavy (non-hydrogen) atoms. The molecule has 0 saturated heterocycles. The summed E-state index contributed by atoms with van der Waals surface area (Å²) in [5.74, 6) is 0.295. The van der Waals surface area contributed by atoms with Gasteiger partial charge in [-0.05, 0) is 18.6 Å². The highest BCUT2D eigenvalue weighted by molar-refractivity contribution is 8.00. The third-order valence-corrected chi connectivity index (χ3v) is 4.00. The zero-order valence-electron chi connectivity index (χ0n) is 10.5. The topological polar surface area (TPSA) is 49.3 Å². The van der Waals surface area contributed by atoms with Gasteiger partial charge in [0, 0.05) is 10.3 Å². The molecule has 1 aromatic rings. The van der Waals surface area contributed by atoms with E-state index in [1.54, 1.807) is 0 Å². The first-order valence-electron chi connectivity index (χ1n) is 5.80. The Labute approximate surface area is 117 Å². The van der Waals surface area contributed by atoms with Crippen LogP contribution in [0.1, 0.15) is 25.5 Å². The third-order valence-electron chi connectivity index (χ3n) is 2.51. The van der Waals surface area contributed by atoms with Crippen molar-refractivity contribution in [3.8, 4) is 0 Å². The number of amides is 1. The van der Waals surface area contributed by atoms with Crippen LogP contribution in [-0.2, 0) is 4.79 Å². The number of thioether (sulfide) groups is 1. The van der Waals surface area contributed by atoms with Crippen LogP contribution >= 0.6 is 23.4 Å². The molecule has 3 nitrogen and oxygen atoms in total. The van der Waals surface area contributed by atoms with Gasteiger partial charge in [0.1, 0.15) is 0 Å². The maximum Gasteiger partial charge on any atom is 0.230 e. The molecule has 0 heterocycles. The molecule has 0 bridgehead atoms. The fourth-order valence-electron chi connectivity index (χ4n) is 1.46. The minimum absolute atomic E-state index is 0.0484. The van der Waals surface area contributed by atoms with E-state index in [2.05, 4.69) is 5.32 Å². The fourth-order valence-corrected chi connectivity index (χ4v) is 2.38. The highest BCUT2D eigenvalue weighted by Gasteiger charge is 2.13. The summed E-state index contributed by atoms with van der Waals surface area (Å²) < 4.78 is 0. The summed E-state index contributed by atoms with van der Waals surface area (Å²) in [6.45, 7) is 3.87. The lowest BCUT2D eigenvalue weighted by molar-refractivity contribution is -0.119. The molecule has 0 fully saturated rings. The van der Waals surface area contributed by atoms with E-state index in [0.29, 0.717) is 10.8 Å². The molecule has 0 aliphatic carbocycles. The minimum Gasteiger partial charge on any atom is -0.395 e. The highest BCUT2D eigenvalue weighted by atomic mass is 35.5. The summed E-state index contributed by atoms with van der Waals surface area (Å²) in [6.07, 6.45) is 0. The van der Waals surface area contributed by atoms with Gasteiger partial charge in [-0.2, -0.15) is 0 Å². The molecule has 100 valence electrons. The molecule has 0 aliphatic heterocycles. The Morgan fingerprint density at radius 3 is 2.72 bits per heavy atom. The van der Waals surface area contributed by atoms with Crippen LogP contribution in [0.25, 0.3) is 0 Å². The second kappa shape index (κ2) is 7.67. The van der Waals surface area contributed by atoms with Gasteiger partial charge in [-0.15, -0.1) is 11.8 Å². The van der Waals surface area contributed by atoms with Crippen molar-refractivity contribution in [2.24, 2.45) is 0 Å². The number of rotatable bonds is 6. The number of hydrogen-bond acceptors (Lipinski definition) is 3. The number of aliphatic hydroxyl groups is 1. The van der Waals surface area contributed by atoms with Crippen LogP contribution in [0.4, 0.5) is 0 Å². The SMILES string of the molecule is CC(CO)SCC(=O)NC(C)c1ccccc1Cl. The van der Waals surface area contributed by atoms with Crippen molar-refractivity contribution >= 4 is 29.3 Å². The van der Waals surface area contributed by atoms with Crippen molar-refractivity contribution in [1.29, 1.82) is 0 Å². The second-order valence-electron chi connectivity index (χ2n) is 4.11. The smallest absolute Gasteiger partial charge is 0.230 e. The predicted molar refractivity (Wildman–Crippen MR) is 77.0 cm³/mol. The van der Waals surface area contributed by atoms with Gasteiger partial charge in [0.25, 0.3) is 0 Å². The van der Waals surface area contributed by atoms with E-state index in [0.717, 1.165) is 5.56 Å². The summed E-state index contributed by atoms with van der Waals surface area (Å²) >= 11 is 7.49. The number of halogens is 1. The Morgan fingerprint density at radius 1 is 1.44 bits per heavy atom. The lowest BCUT2D eigenvalue weighted by Gasteiger charge is -2.16. The third kappa shape index (κ3) is 4.88. The lowest BCUT2D eigenvalue weighted by atomic mass is 10.1. The molecule has 5 heteroatoms. The summed E-state index contributed by atoms with van der Waals surface area (Å²) in [4.78, 5) is 11.7. The van der Waals surface area contributed by atoms with Gasteiger partial charge < -0.3 is 10.4 Å². The molecule has 0 aliphatic rings. The van der Waals surface area contributed by atoms with Gasteiger partial charge >= 0.3 is 0 Å². The molecule has 0 saturated carbocycles. The molecule has 1 amide bonds. The van der Waals surface area contributed by atoms with Crippen molar-refractivity contribution in [3.05, 3.63) is 34.9 Å². The highest BCUT2D eigenvalue weighted by Crippen LogP contribution is 2.22. The van der Waals surface area contributed by atoms with Crippen molar-refractivity contribution in [1.82, 2.24) is 5.32 Å². The van der Waals surface area contributed by atoms with Crippen molar-refractivity contribution in [2.45, 2.75) is 25.1 Å². The largest absolute Gasteiger partial charge is 0.395 e. The van der Waals surface area contributed by atoms with E-state index >= 15 is 0 Å². The Balaban J connectivity index is 2.47. The molecule has 1 rings (SSSR count). The molecule has 1 aromatic carbocycles. The molecule has 2 atom stereocenters. The van der Waals surface area contributed by atoms with Gasteiger partial charge in [0.05, 0.1) is 18.4 Å². The minimum atomic E-state index is -0.115. The Hall–Kier alpha value is -0.710. The number of hydrogen-bond donors (Lipinski definition) is 2. The van der Waals surface area contributed by atoms with E-state index in [1.165, 1.54) is 11.8 Å². The number of benzene rings is 1. The molecule has 0 spiro atoms. The fraction of sp³-hybridized carbons (Fsp3) is 0.462. The van der Waals surface area contributed by atoms with Crippen LogP contribution < -0.4 is 5.32 Å². The average molecular weight is 288 g/mol. The van der Waals surface area contributed by atoms with Gasteiger partial charge in [-0.1, -0.05) is 36.7 Å². The number of aliphatic hydroxyl groups excluding tert-OH is 1. The number of nitrogens with one attached hydrogen (secondary N) is 1. The summed E-state index contributed by atoms with van der Waals surface area (Å²) in [6, 6.07) is 7.35. The van der Waals surface area contributed by atoms with E-state index < -0.39 is 0 Å². The maximum atomic E-state index is 11.7. The van der Waals surface area contributed by atoms with Gasteiger partial charge in [-0.3, -0.25) is 4.79 Å². The molecule has 2 unspecified atom stereocenters. The van der Waals surface area contributed by atoms with E-state index in [-0.39, 0.29) is 23.8 Å². The van der Waals surface area contributed by atoms with Crippen LogP contribution in [0.15, 0.2) is 24.3 Å². The summed E-state index contributed by atoms with van der Waals surface area (Å²) in [5.41, 5.74) is 0.910. The van der Waals surface area contributed by atoms with Crippen LogP contribution in [-0.4, -0.2) is 28.6 Å². The van der Waals surface area contributed by atoms with E-state index in [9.17, 15) is 4.79 Å². The Kier molecular flexibility index (Phi) is 6.54. The van der Waals surface area contributed by atoms with Crippen LogP contribution in [0, 0.1) is 0 Å². The molecule has 2 N–H and O–H groups in total. The molecule has 0 aromatic heterocycles. The van der Waals surface area contributed by atoms with Gasteiger partial charge in [-0.25, -0.2) is 0 Å². The quantitative estimate of drug-likeness (QED) is 0.846. The average Bonchev–Trinajstić information content (AvgIpc) is 2.36. The first-order valence-corrected chi connectivity index (χ1v) is 7.23. The zero-order valence-corrected chi connectivity index (χ0v) is 12.1. The number of carbonyl (C=O) groups is 1. The number of carbonyl (C=O) groups excluding carboxylic acids is 1. The van der Waals surface area contributed by atoms with Crippen LogP contribution in [0.2, 0.25) is 5.02 Å². The molecule has 0 radical (unpaired) electrons. The van der Waals surface area contributed by atoms with E-state index in [4.69, 9.17) is 16.7 Å². The predicted octanol–water partition coefficient (Wildman–Crippen LogP) is 2.63. The summed E-state index contributed by atoms with van der Waals surface area (Å²) in [5, 5.41) is 12.5. The Morgan fingerprint density at radius 2 is 2.11 bits per heavy atom.